The van der Waals surface area contributed by atoms with Gasteiger partial charge in [0.2, 0.25) is 5.91 Å². The second kappa shape index (κ2) is 5.64. The molecule has 0 radical (unpaired) electrons. The summed E-state index contributed by atoms with van der Waals surface area (Å²) in [4.78, 5) is 14.0. The average molecular weight is 226 g/mol. The van der Waals surface area contributed by atoms with Crippen molar-refractivity contribution in [3.8, 4) is 0 Å². The minimum absolute atomic E-state index is 0.203. The maximum atomic E-state index is 12.1. The van der Waals surface area contributed by atoms with Crippen LogP contribution in [-0.4, -0.2) is 50.7 Å². The molecule has 2 fully saturated rings. The normalized spacial score (nSPS) is 30.3. The van der Waals surface area contributed by atoms with Crippen molar-refractivity contribution >= 4 is 5.91 Å². The first kappa shape index (κ1) is 11.9. The number of hydrogen-bond donors (Lipinski definition) is 1. The molecule has 4 heteroatoms. The fourth-order valence-corrected chi connectivity index (χ4v) is 2.61. The predicted molar refractivity (Wildman–Crippen MR) is 62.2 cm³/mol. The van der Waals surface area contributed by atoms with Gasteiger partial charge < -0.3 is 15.0 Å². The van der Waals surface area contributed by atoms with E-state index >= 15 is 0 Å². The molecule has 92 valence electrons. The number of amides is 1. The van der Waals surface area contributed by atoms with Crippen LogP contribution >= 0.6 is 0 Å². The lowest BCUT2D eigenvalue weighted by Gasteiger charge is -2.28. The molecule has 1 N–H and O–H groups in total. The standard InChI is InChI=1S/C12H22N2O2/c1-14(8-10-3-2-6-16-9-10)12(15)11-4-5-13-7-11/h10-11,13H,2-9H2,1H3. The fourth-order valence-electron chi connectivity index (χ4n) is 2.61. The molecular formula is C12H22N2O2. The van der Waals surface area contributed by atoms with Gasteiger partial charge in [0.15, 0.2) is 0 Å². The van der Waals surface area contributed by atoms with Crippen LogP contribution in [0.5, 0.6) is 0 Å². The second-order valence-electron chi connectivity index (χ2n) is 4.99. The molecule has 0 aromatic rings. The summed E-state index contributed by atoms with van der Waals surface area (Å²) in [5.74, 6) is 1.04. The highest BCUT2D eigenvalue weighted by atomic mass is 16.5. The molecule has 2 heterocycles. The molecular weight excluding hydrogens is 204 g/mol. The zero-order valence-electron chi connectivity index (χ0n) is 10.1. The summed E-state index contributed by atoms with van der Waals surface area (Å²) < 4.78 is 5.44. The summed E-state index contributed by atoms with van der Waals surface area (Å²) >= 11 is 0. The van der Waals surface area contributed by atoms with Gasteiger partial charge in [0, 0.05) is 26.7 Å². The summed E-state index contributed by atoms with van der Waals surface area (Å²) in [7, 11) is 1.93. The van der Waals surface area contributed by atoms with Crippen molar-refractivity contribution in [2.45, 2.75) is 19.3 Å². The van der Waals surface area contributed by atoms with E-state index in [9.17, 15) is 4.79 Å². The summed E-state index contributed by atoms with van der Waals surface area (Å²) in [6.07, 6.45) is 3.32. The molecule has 2 atom stereocenters. The molecule has 16 heavy (non-hydrogen) atoms. The van der Waals surface area contributed by atoms with E-state index in [0.29, 0.717) is 11.8 Å². The predicted octanol–water partition coefficient (Wildman–Crippen LogP) is 0.481. The number of hydrogen-bond acceptors (Lipinski definition) is 3. The minimum atomic E-state index is 0.203. The van der Waals surface area contributed by atoms with Gasteiger partial charge in [-0.2, -0.15) is 0 Å². The Morgan fingerprint density at radius 2 is 2.38 bits per heavy atom. The van der Waals surface area contributed by atoms with Crippen LogP contribution in [0.25, 0.3) is 0 Å². The Morgan fingerprint density at radius 1 is 1.50 bits per heavy atom. The lowest BCUT2D eigenvalue weighted by atomic mass is 10.0. The summed E-state index contributed by atoms with van der Waals surface area (Å²) in [5, 5.41) is 3.24. The molecule has 0 bridgehead atoms. The van der Waals surface area contributed by atoms with E-state index in [1.165, 1.54) is 6.42 Å². The van der Waals surface area contributed by atoms with Crippen LogP contribution in [0.4, 0.5) is 0 Å². The molecule has 4 nitrogen and oxygen atoms in total. The second-order valence-corrected chi connectivity index (χ2v) is 4.99. The van der Waals surface area contributed by atoms with Crippen molar-refractivity contribution < 1.29 is 9.53 Å². The Hall–Kier alpha value is -0.610. The van der Waals surface area contributed by atoms with E-state index in [1.54, 1.807) is 0 Å². The molecule has 0 aliphatic carbocycles. The molecule has 0 saturated carbocycles. The monoisotopic (exact) mass is 226 g/mol. The van der Waals surface area contributed by atoms with Crippen LogP contribution in [0.3, 0.4) is 0 Å². The van der Waals surface area contributed by atoms with Crippen LogP contribution in [0.1, 0.15) is 19.3 Å². The number of carbonyl (C=O) groups excluding carboxylic acids is 1. The highest BCUT2D eigenvalue weighted by molar-refractivity contribution is 5.79. The third-order valence-corrected chi connectivity index (χ3v) is 3.57. The Kier molecular flexibility index (Phi) is 4.18. The quantitative estimate of drug-likeness (QED) is 0.761. The van der Waals surface area contributed by atoms with E-state index in [1.807, 2.05) is 11.9 Å². The molecule has 2 rings (SSSR count). The topological polar surface area (TPSA) is 41.6 Å². The summed E-state index contributed by atoms with van der Waals surface area (Å²) in [6, 6.07) is 0. The third-order valence-electron chi connectivity index (χ3n) is 3.57. The van der Waals surface area contributed by atoms with Crippen LogP contribution in [0.2, 0.25) is 0 Å². The average Bonchev–Trinajstić information content (AvgIpc) is 2.83. The highest BCUT2D eigenvalue weighted by Crippen LogP contribution is 2.17. The molecule has 2 aliphatic heterocycles. The molecule has 2 aliphatic rings. The van der Waals surface area contributed by atoms with E-state index in [4.69, 9.17) is 4.74 Å². The van der Waals surface area contributed by atoms with Crippen molar-refractivity contribution in [2.75, 3.05) is 39.9 Å². The number of carbonyl (C=O) groups is 1. The van der Waals surface area contributed by atoms with Gasteiger partial charge >= 0.3 is 0 Å². The van der Waals surface area contributed by atoms with Crippen molar-refractivity contribution in [3.63, 3.8) is 0 Å². The van der Waals surface area contributed by atoms with Crippen LogP contribution in [0, 0.1) is 11.8 Å². The summed E-state index contributed by atoms with van der Waals surface area (Å²) in [6.45, 7) is 4.40. The van der Waals surface area contributed by atoms with Gasteiger partial charge in [0.05, 0.1) is 12.5 Å². The lowest BCUT2D eigenvalue weighted by Crippen LogP contribution is -2.39. The Labute approximate surface area is 97.3 Å². The van der Waals surface area contributed by atoms with Crippen LogP contribution in [0.15, 0.2) is 0 Å². The number of nitrogens with zero attached hydrogens (tertiary/aromatic N) is 1. The number of rotatable bonds is 3. The van der Waals surface area contributed by atoms with E-state index in [2.05, 4.69) is 5.32 Å². The molecule has 2 saturated heterocycles. The maximum absolute atomic E-state index is 12.1. The first-order valence-electron chi connectivity index (χ1n) is 6.31. The number of nitrogens with one attached hydrogen (secondary N) is 1. The van der Waals surface area contributed by atoms with Gasteiger partial charge in [-0.25, -0.2) is 0 Å². The van der Waals surface area contributed by atoms with Crippen LogP contribution < -0.4 is 5.32 Å². The fraction of sp³-hybridized carbons (Fsp3) is 0.917. The van der Waals surface area contributed by atoms with Gasteiger partial charge in [0.25, 0.3) is 0 Å². The van der Waals surface area contributed by atoms with Gasteiger partial charge in [-0.3, -0.25) is 4.79 Å². The number of ether oxygens (including phenoxy) is 1. The SMILES string of the molecule is CN(CC1CCCOC1)C(=O)C1CCNC1. The van der Waals surface area contributed by atoms with Crippen molar-refractivity contribution in [1.82, 2.24) is 10.2 Å². The van der Waals surface area contributed by atoms with E-state index in [-0.39, 0.29) is 5.92 Å². The molecule has 2 unspecified atom stereocenters. The van der Waals surface area contributed by atoms with Gasteiger partial charge in [-0.1, -0.05) is 0 Å². The first-order chi connectivity index (χ1) is 7.77. The zero-order valence-corrected chi connectivity index (χ0v) is 10.1. The van der Waals surface area contributed by atoms with Crippen molar-refractivity contribution in [3.05, 3.63) is 0 Å². The van der Waals surface area contributed by atoms with Gasteiger partial charge in [-0.05, 0) is 31.7 Å². The highest BCUT2D eigenvalue weighted by Gasteiger charge is 2.27. The minimum Gasteiger partial charge on any atom is -0.381 e. The third kappa shape index (κ3) is 2.95. The molecule has 0 spiro atoms. The Bertz CT molecular complexity index is 233. The molecule has 1 amide bonds. The van der Waals surface area contributed by atoms with Gasteiger partial charge in [-0.15, -0.1) is 0 Å². The molecule has 0 aromatic carbocycles. The van der Waals surface area contributed by atoms with Crippen molar-refractivity contribution in [1.29, 1.82) is 0 Å². The van der Waals surface area contributed by atoms with Crippen molar-refractivity contribution in [2.24, 2.45) is 11.8 Å². The molecule has 0 aromatic heterocycles. The smallest absolute Gasteiger partial charge is 0.226 e. The van der Waals surface area contributed by atoms with Gasteiger partial charge in [0.1, 0.15) is 0 Å². The lowest BCUT2D eigenvalue weighted by molar-refractivity contribution is -0.134. The van der Waals surface area contributed by atoms with E-state index < -0.39 is 0 Å². The zero-order chi connectivity index (χ0) is 11.4. The Balaban J connectivity index is 1.77. The van der Waals surface area contributed by atoms with Crippen LogP contribution in [-0.2, 0) is 9.53 Å². The van der Waals surface area contributed by atoms with E-state index in [0.717, 1.165) is 45.7 Å². The Morgan fingerprint density at radius 3 is 3.00 bits per heavy atom. The maximum Gasteiger partial charge on any atom is 0.226 e. The first-order valence-corrected chi connectivity index (χ1v) is 6.31. The summed E-state index contributed by atoms with van der Waals surface area (Å²) in [5.41, 5.74) is 0. The largest absolute Gasteiger partial charge is 0.381 e.